The Hall–Kier alpha value is -5.01. The van der Waals surface area contributed by atoms with Crippen molar-refractivity contribution in [3.05, 3.63) is 23.8 Å². The first-order chi connectivity index (χ1) is 36.7. The molecule has 2 heterocycles. The molecule has 2 aliphatic rings. The van der Waals surface area contributed by atoms with Gasteiger partial charge in [0.05, 0.1) is 42.7 Å². The largest absolute Gasteiger partial charge is 0.381 e. The summed E-state index contributed by atoms with van der Waals surface area (Å²) in [6, 6.07) is -2.03. The Balaban J connectivity index is 0.00000148. The highest BCUT2D eigenvalue weighted by Crippen LogP contribution is 2.36. The summed E-state index contributed by atoms with van der Waals surface area (Å²) >= 11 is 0. The Morgan fingerprint density at radius 1 is 0.821 bits per heavy atom. The minimum Gasteiger partial charge on any atom is -0.381 e. The number of likely N-dealkylation sites (N-methyl/N-ethyl adjacent to an activating group) is 1. The molecule has 448 valence electrons. The number of unbranched alkanes of at least 4 members (excludes halogenated alkanes) is 2. The van der Waals surface area contributed by atoms with Gasteiger partial charge in [-0.25, -0.2) is 0 Å². The van der Waals surface area contributed by atoms with Crippen molar-refractivity contribution in [2.45, 2.75) is 224 Å². The number of ether oxygens (including phenoxy) is 2. The molecular weight excluding hydrogens is 997 g/mol. The lowest BCUT2D eigenvalue weighted by Crippen LogP contribution is -2.64. The van der Waals surface area contributed by atoms with Crippen LogP contribution in [0, 0.1) is 35.0 Å². The molecule has 0 aliphatic carbocycles. The van der Waals surface area contributed by atoms with Gasteiger partial charge in [0.25, 0.3) is 0 Å². The highest BCUT2D eigenvalue weighted by Gasteiger charge is 2.55. The van der Waals surface area contributed by atoms with Gasteiger partial charge >= 0.3 is 0 Å². The van der Waals surface area contributed by atoms with E-state index in [-0.39, 0.29) is 89.9 Å². The second-order valence-electron chi connectivity index (χ2n) is 21.8. The van der Waals surface area contributed by atoms with Gasteiger partial charge in [0.15, 0.2) is 5.78 Å². The van der Waals surface area contributed by atoms with Crippen molar-refractivity contribution in [3.63, 3.8) is 0 Å². The Bertz CT molecular complexity index is 1960. The van der Waals surface area contributed by atoms with E-state index in [4.69, 9.17) is 15.2 Å². The number of carbonyl (C=O) groups excluding carboxylic acids is 9. The molecule has 78 heavy (non-hydrogen) atoms. The maximum absolute atomic E-state index is 13.4. The number of amides is 8. The van der Waals surface area contributed by atoms with E-state index in [9.17, 15) is 43.2 Å². The number of hydrogen-bond donors (Lipinski definition) is 5. The number of β-lactam (4-membered cyclic amide) rings is 2. The van der Waals surface area contributed by atoms with Gasteiger partial charge in [0, 0.05) is 46.6 Å². The van der Waals surface area contributed by atoms with Crippen molar-refractivity contribution < 1.29 is 52.6 Å². The van der Waals surface area contributed by atoms with Crippen LogP contribution < -0.4 is 27.2 Å². The Labute approximate surface area is 469 Å². The first-order valence-corrected chi connectivity index (χ1v) is 28.9. The number of hydrogen-bond acceptors (Lipinski definition) is 12. The maximum Gasteiger partial charge on any atom is 0.244 e. The fraction of sp³-hybridized carbons (Fsp3) is 0.780. The van der Waals surface area contributed by atoms with Crippen LogP contribution in [0.25, 0.3) is 0 Å². The van der Waals surface area contributed by atoms with E-state index in [2.05, 4.69) is 42.3 Å². The van der Waals surface area contributed by atoms with Crippen molar-refractivity contribution in [1.82, 2.24) is 36.2 Å². The summed E-state index contributed by atoms with van der Waals surface area (Å²) in [5, 5.41) is 5.70. The minimum atomic E-state index is -0.869. The SMILES string of the molecule is C/C=C\C(=C/CC)C[C@H](NC(=O)C(C)C(OC)C1CCCN1C(=O)CC(OC)[C@@H](C)C(C)CC)C(N)=O.CC.CCC1(C)C(=O)N(CCCCCC(=O)NNC(=O)CCCN(C)C(C(=O)N[C@H](C(C)=O)C(C)C)C(C)C)C1=O. The summed E-state index contributed by atoms with van der Waals surface area (Å²) in [7, 11) is 5.05. The summed E-state index contributed by atoms with van der Waals surface area (Å²) in [6.45, 7) is 30.3. The minimum absolute atomic E-state index is 0.00584. The van der Waals surface area contributed by atoms with E-state index in [1.807, 2.05) is 97.4 Å². The summed E-state index contributed by atoms with van der Waals surface area (Å²) in [4.78, 5) is 117. The van der Waals surface area contributed by atoms with Crippen molar-refractivity contribution >= 4 is 53.0 Å². The second-order valence-corrected chi connectivity index (χ2v) is 21.8. The number of nitrogens with one attached hydrogen (secondary N) is 4. The number of imide groups is 1. The standard InChI is InChI=1S/C29H51N3O5.C28H49N5O6.C2H6/c1-9-13-22(14-10-2)17-23(28(30)34)31-29(35)21(6)27(37-8)24-15-12-16-32(24)26(33)18-25(36-7)20(5)19(4)11-3;1-9-28(7)26(38)33(27(28)39)17-12-10-11-14-21(35)30-31-22(36)15-13-16-32(8)24(19(4)5)25(37)29-23(18(2)3)20(6)34;1-2/h9,13-14,19-21,23-25,27H,10-12,15-18H2,1-8H3,(H2,30,34)(H,31,35);18-19,23-24H,9-17H2,1-8H3,(H,29,37)(H,30,35)(H,31,36);1-2H3/b13-9-,22-14+;;/t19?,20-,21?,23-,24?,25?,27?;23-,24?;/m00./s1. The molecule has 0 spiro atoms. The Morgan fingerprint density at radius 2 is 1.41 bits per heavy atom. The summed E-state index contributed by atoms with van der Waals surface area (Å²) in [5.41, 5.74) is 10.5. The lowest BCUT2D eigenvalue weighted by atomic mass is 9.77. The van der Waals surface area contributed by atoms with Crippen LogP contribution in [0.2, 0.25) is 0 Å². The van der Waals surface area contributed by atoms with E-state index < -0.39 is 41.5 Å². The third kappa shape index (κ3) is 23.0. The van der Waals surface area contributed by atoms with Crippen molar-refractivity contribution in [3.8, 4) is 0 Å². The zero-order valence-corrected chi connectivity index (χ0v) is 51.3. The number of Topliss-reactive ketones (excluding diaryl/α,β-unsaturated/α-hetero) is 1. The number of nitrogens with zero attached hydrogens (tertiary/aromatic N) is 3. The number of nitrogens with two attached hydrogens (primary N) is 1. The molecule has 19 nitrogen and oxygen atoms in total. The van der Waals surface area contributed by atoms with Crippen LogP contribution in [0.4, 0.5) is 0 Å². The number of carbonyl (C=O) groups is 9. The molecule has 2 fully saturated rings. The molecule has 8 amide bonds. The zero-order valence-electron chi connectivity index (χ0n) is 51.3. The number of rotatable bonds is 33. The normalized spacial score (nSPS) is 18.3. The molecule has 19 heteroatoms. The predicted molar refractivity (Wildman–Crippen MR) is 307 cm³/mol. The Morgan fingerprint density at radius 3 is 1.88 bits per heavy atom. The molecule has 0 bridgehead atoms. The highest BCUT2D eigenvalue weighted by atomic mass is 16.5. The molecule has 0 radical (unpaired) electrons. The fourth-order valence-corrected chi connectivity index (χ4v) is 10.1. The van der Waals surface area contributed by atoms with Gasteiger partial charge in [-0.05, 0) is 109 Å². The second kappa shape index (κ2) is 37.8. The molecule has 0 aromatic heterocycles. The van der Waals surface area contributed by atoms with Gasteiger partial charge in [-0.15, -0.1) is 0 Å². The van der Waals surface area contributed by atoms with Crippen LogP contribution in [0.15, 0.2) is 23.8 Å². The van der Waals surface area contributed by atoms with Crippen LogP contribution in [-0.4, -0.2) is 145 Å². The maximum atomic E-state index is 13.4. The monoisotopic (exact) mass is 1100 g/mol. The summed E-state index contributed by atoms with van der Waals surface area (Å²) in [5.74, 6) is -1.94. The number of hydrazine groups is 1. The van der Waals surface area contributed by atoms with Gasteiger partial charge in [-0.3, -0.25) is 63.8 Å². The molecule has 2 aliphatic heterocycles. The van der Waals surface area contributed by atoms with Gasteiger partial charge in [-0.1, -0.05) is 114 Å². The van der Waals surface area contributed by atoms with Gasteiger partial charge < -0.3 is 30.7 Å². The number of primary amides is 1. The average molecular weight is 1100 g/mol. The van der Waals surface area contributed by atoms with Gasteiger partial charge in [0.2, 0.25) is 47.3 Å². The van der Waals surface area contributed by atoms with Crippen molar-refractivity contribution in [2.24, 2.45) is 40.7 Å². The predicted octanol–water partition coefficient (Wildman–Crippen LogP) is 6.96. The van der Waals surface area contributed by atoms with Crippen LogP contribution in [0.1, 0.15) is 187 Å². The molecule has 2 saturated heterocycles. The van der Waals surface area contributed by atoms with Gasteiger partial charge in [-0.2, -0.15) is 0 Å². The van der Waals surface area contributed by atoms with Crippen molar-refractivity contribution in [1.29, 1.82) is 0 Å². The molecule has 0 saturated carbocycles. The lowest BCUT2D eigenvalue weighted by Gasteiger charge is -2.43. The molecule has 0 aromatic rings. The van der Waals surface area contributed by atoms with Crippen LogP contribution in [0.3, 0.4) is 0 Å². The lowest BCUT2D eigenvalue weighted by molar-refractivity contribution is -0.175. The van der Waals surface area contributed by atoms with E-state index in [1.165, 1.54) is 11.8 Å². The molecule has 6 N–H and O–H groups in total. The third-order valence-corrected chi connectivity index (χ3v) is 15.4. The van der Waals surface area contributed by atoms with Crippen LogP contribution >= 0.6 is 0 Å². The quantitative estimate of drug-likeness (QED) is 0.0147. The molecule has 9 atom stereocenters. The number of methoxy groups -OCH3 is 2. The van der Waals surface area contributed by atoms with E-state index in [0.29, 0.717) is 70.5 Å². The highest BCUT2D eigenvalue weighted by molar-refractivity contribution is 6.21. The number of ketones is 1. The van der Waals surface area contributed by atoms with Crippen LogP contribution in [-0.2, 0) is 52.6 Å². The first kappa shape index (κ1) is 73.0. The Kier molecular flexibility index (Phi) is 35.4. The van der Waals surface area contributed by atoms with E-state index >= 15 is 0 Å². The van der Waals surface area contributed by atoms with Gasteiger partial charge in [0.1, 0.15) is 11.5 Å². The summed E-state index contributed by atoms with van der Waals surface area (Å²) in [6.07, 6.45) is 12.5. The zero-order chi connectivity index (χ0) is 60.0. The van der Waals surface area contributed by atoms with E-state index in [1.54, 1.807) is 28.1 Å². The fourth-order valence-electron chi connectivity index (χ4n) is 10.1. The number of allylic oxidation sites excluding steroid dienone is 3. The molecule has 2 rings (SSSR count). The molecular formula is C59H106N8O11. The third-order valence-electron chi connectivity index (χ3n) is 15.4. The topological polar surface area (TPSA) is 256 Å². The number of likely N-dealkylation sites (tertiary alicyclic amines) is 2. The first-order valence-electron chi connectivity index (χ1n) is 28.9. The van der Waals surface area contributed by atoms with E-state index in [0.717, 1.165) is 31.3 Å². The molecule has 0 aromatic carbocycles. The smallest absolute Gasteiger partial charge is 0.244 e. The molecule has 6 unspecified atom stereocenters. The van der Waals surface area contributed by atoms with Crippen molar-refractivity contribution in [2.75, 3.05) is 40.9 Å². The van der Waals surface area contributed by atoms with Crippen LogP contribution in [0.5, 0.6) is 0 Å². The average Bonchev–Trinajstić information content (AvgIpc) is 3.89. The summed E-state index contributed by atoms with van der Waals surface area (Å²) < 4.78 is 11.5.